The molecular weight excluding hydrogens is 360 g/mol. The standard InChI is InChI=1S/C14H16BrClN2O3/c15-11-3-1-2-10(13(11)16)14(21)18-8-6-17(7-9-18)5-4-12(19)20/h1-3H,4-9H2,(H,19,20). The van der Waals surface area contributed by atoms with E-state index in [-0.39, 0.29) is 12.3 Å². The van der Waals surface area contributed by atoms with Crippen molar-refractivity contribution in [3.05, 3.63) is 33.3 Å². The molecule has 0 bridgehead atoms. The molecule has 0 radical (unpaired) electrons. The molecule has 1 aromatic carbocycles. The van der Waals surface area contributed by atoms with Crippen LogP contribution in [0.2, 0.25) is 5.02 Å². The van der Waals surface area contributed by atoms with E-state index >= 15 is 0 Å². The molecule has 1 heterocycles. The van der Waals surface area contributed by atoms with E-state index in [0.717, 1.165) is 0 Å². The molecule has 0 aliphatic carbocycles. The number of carbonyl (C=O) groups excluding carboxylic acids is 1. The average Bonchev–Trinajstić information content (AvgIpc) is 2.48. The van der Waals surface area contributed by atoms with Gasteiger partial charge in [-0.25, -0.2) is 0 Å². The normalized spacial score (nSPS) is 16.0. The van der Waals surface area contributed by atoms with Crippen molar-refractivity contribution in [2.75, 3.05) is 32.7 Å². The number of hydrogen-bond acceptors (Lipinski definition) is 3. The van der Waals surface area contributed by atoms with Crippen LogP contribution in [-0.2, 0) is 4.79 Å². The van der Waals surface area contributed by atoms with E-state index < -0.39 is 5.97 Å². The summed E-state index contributed by atoms with van der Waals surface area (Å²) in [4.78, 5) is 26.8. The van der Waals surface area contributed by atoms with Crippen molar-refractivity contribution in [1.82, 2.24) is 9.80 Å². The first-order valence-corrected chi connectivity index (χ1v) is 7.83. The monoisotopic (exact) mass is 374 g/mol. The number of aliphatic carboxylic acids is 1. The summed E-state index contributed by atoms with van der Waals surface area (Å²) in [6.07, 6.45) is 0.130. The minimum Gasteiger partial charge on any atom is -0.481 e. The van der Waals surface area contributed by atoms with Crippen LogP contribution in [0.1, 0.15) is 16.8 Å². The van der Waals surface area contributed by atoms with Crippen LogP contribution in [-0.4, -0.2) is 59.5 Å². The molecule has 114 valence electrons. The number of piperazine rings is 1. The Morgan fingerprint density at radius 3 is 2.52 bits per heavy atom. The SMILES string of the molecule is O=C(O)CCN1CCN(C(=O)c2cccc(Br)c2Cl)CC1. The third kappa shape index (κ3) is 4.18. The van der Waals surface area contributed by atoms with Crippen LogP contribution in [0, 0.1) is 0 Å². The van der Waals surface area contributed by atoms with E-state index in [2.05, 4.69) is 20.8 Å². The fourth-order valence-corrected chi connectivity index (χ4v) is 2.84. The summed E-state index contributed by atoms with van der Waals surface area (Å²) in [7, 11) is 0. The number of halogens is 2. The van der Waals surface area contributed by atoms with Gasteiger partial charge in [-0.2, -0.15) is 0 Å². The number of carboxylic acids is 1. The largest absolute Gasteiger partial charge is 0.481 e. The topological polar surface area (TPSA) is 60.9 Å². The molecule has 0 saturated carbocycles. The van der Waals surface area contributed by atoms with E-state index in [0.29, 0.717) is 47.8 Å². The van der Waals surface area contributed by atoms with E-state index in [4.69, 9.17) is 16.7 Å². The lowest BCUT2D eigenvalue weighted by Crippen LogP contribution is -2.49. The van der Waals surface area contributed by atoms with E-state index in [9.17, 15) is 9.59 Å². The first kappa shape index (κ1) is 16.3. The van der Waals surface area contributed by atoms with Gasteiger partial charge in [0.25, 0.3) is 5.91 Å². The summed E-state index contributed by atoms with van der Waals surface area (Å²) in [6.45, 7) is 3.06. The summed E-state index contributed by atoms with van der Waals surface area (Å²) in [5, 5.41) is 9.11. The summed E-state index contributed by atoms with van der Waals surface area (Å²) in [6, 6.07) is 5.29. The zero-order chi connectivity index (χ0) is 15.4. The van der Waals surface area contributed by atoms with Crippen molar-refractivity contribution >= 4 is 39.4 Å². The zero-order valence-electron chi connectivity index (χ0n) is 11.4. The molecule has 1 aliphatic heterocycles. The fourth-order valence-electron chi connectivity index (χ4n) is 2.27. The van der Waals surface area contributed by atoms with Crippen LogP contribution in [0.15, 0.2) is 22.7 Å². The van der Waals surface area contributed by atoms with Crippen LogP contribution in [0.4, 0.5) is 0 Å². The van der Waals surface area contributed by atoms with Crippen LogP contribution >= 0.6 is 27.5 Å². The lowest BCUT2D eigenvalue weighted by Gasteiger charge is -2.34. The highest BCUT2D eigenvalue weighted by molar-refractivity contribution is 9.10. The van der Waals surface area contributed by atoms with Crippen LogP contribution < -0.4 is 0 Å². The molecule has 5 nitrogen and oxygen atoms in total. The van der Waals surface area contributed by atoms with Gasteiger partial charge in [0.05, 0.1) is 17.0 Å². The lowest BCUT2D eigenvalue weighted by molar-refractivity contribution is -0.137. The van der Waals surface area contributed by atoms with Gasteiger partial charge in [-0.15, -0.1) is 0 Å². The average molecular weight is 376 g/mol. The van der Waals surface area contributed by atoms with Gasteiger partial charge in [0.2, 0.25) is 0 Å². The number of rotatable bonds is 4. The number of carboxylic acid groups (broad SMARTS) is 1. The van der Waals surface area contributed by atoms with Crippen LogP contribution in [0.3, 0.4) is 0 Å². The number of amides is 1. The Labute approximate surface area is 136 Å². The maximum Gasteiger partial charge on any atom is 0.304 e. The molecule has 1 aromatic rings. The Morgan fingerprint density at radius 2 is 1.90 bits per heavy atom. The molecule has 1 fully saturated rings. The zero-order valence-corrected chi connectivity index (χ0v) is 13.7. The number of hydrogen-bond donors (Lipinski definition) is 1. The lowest BCUT2D eigenvalue weighted by atomic mass is 10.1. The van der Waals surface area contributed by atoms with Crippen molar-refractivity contribution in [2.24, 2.45) is 0 Å². The van der Waals surface area contributed by atoms with Gasteiger partial charge in [-0.3, -0.25) is 14.5 Å². The third-order valence-electron chi connectivity index (χ3n) is 3.48. The second kappa shape index (κ2) is 7.24. The molecule has 1 saturated heterocycles. The molecule has 0 atom stereocenters. The maximum atomic E-state index is 12.5. The van der Waals surface area contributed by atoms with Gasteiger partial charge in [-0.1, -0.05) is 17.7 Å². The highest BCUT2D eigenvalue weighted by atomic mass is 79.9. The second-order valence-electron chi connectivity index (χ2n) is 4.88. The van der Waals surface area contributed by atoms with Gasteiger partial charge in [0.15, 0.2) is 0 Å². The maximum absolute atomic E-state index is 12.5. The van der Waals surface area contributed by atoms with Crippen LogP contribution in [0.25, 0.3) is 0 Å². The molecule has 21 heavy (non-hydrogen) atoms. The van der Waals surface area contributed by atoms with Crippen LogP contribution in [0.5, 0.6) is 0 Å². The fraction of sp³-hybridized carbons (Fsp3) is 0.429. The number of benzene rings is 1. The Bertz CT molecular complexity index is 545. The molecular formula is C14H16BrClN2O3. The van der Waals surface area contributed by atoms with Crippen molar-refractivity contribution < 1.29 is 14.7 Å². The highest BCUT2D eigenvalue weighted by Crippen LogP contribution is 2.27. The summed E-state index contributed by atoms with van der Waals surface area (Å²) >= 11 is 9.47. The molecule has 1 N–H and O–H groups in total. The van der Waals surface area contributed by atoms with Crippen molar-refractivity contribution in [1.29, 1.82) is 0 Å². The summed E-state index contributed by atoms with van der Waals surface area (Å²) in [5.74, 6) is -0.881. The van der Waals surface area contributed by atoms with Crippen molar-refractivity contribution in [2.45, 2.75) is 6.42 Å². The van der Waals surface area contributed by atoms with Crippen molar-refractivity contribution in [3.63, 3.8) is 0 Å². The van der Waals surface area contributed by atoms with Gasteiger partial charge in [0, 0.05) is 37.2 Å². The summed E-state index contributed by atoms with van der Waals surface area (Å²) < 4.78 is 0.704. The smallest absolute Gasteiger partial charge is 0.304 e. The Hall–Kier alpha value is -1.11. The van der Waals surface area contributed by atoms with E-state index in [1.165, 1.54) is 0 Å². The van der Waals surface area contributed by atoms with Gasteiger partial charge >= 0.3 is 5.97 Å². The minimum absolute atomic E-state index is 0.0841. The Kier molecular flexibility index (Phi) is 5.61. The first-order chi connectivity index (χ1) is 9.99. The van der Waals surface area contributed by atoms with Gasteiger partial charge < -0.3 is 10.0 Å². The van der Waals surface area contributed by atoms with Gasteiger partial charge in [0.1, 0.15) is 0 Å². The molecule has 7 heteroatoms. The van der Waals surface area contributed by atoms with E-state index in [1.807, 2.05) is 0 Å². The Balaban J connectivity index is 1.94. The number of carbonyl (C=O) groups is 2. The van der Waals surface area contributed by atoms with Gasteiger partial charge in [-0.05, 0) is 28.1 Å². The first-order valence-electron chi connectivity index (χ1n) is 6.66. The second-order valence-corrected chi connectivity index (χ2v) is 6.11. The molecule has 0 aromatic heterocycles. The number of nitrogens with zero attached hydrogens (tertiary/aromatic N) is 2. The molecule has 0 spiro atoms. The van der Waals surface area contributed by atoms with E-state index in [1.54, 1.807) is 23.1 Å². The van der Waals surface area contributed by atoms with Crippen molar-refractivity contribution in [3.8, 4) is 0 Å². The predicted octanol–water partition coefficient (Wildman–Crippen LogP) is 2.33. The summed E-state index contributed by atoms with van der Waals surface area (Å²) in [5.41, 5.74) is 0.491. The Morgan fingerprint density at radius 1 is 1.24 bits per heavy atom. The molecule has 1 amide bonds. The molecule has 2 rings (SSSR count). The molecule has 0 unspecified atom stereocenters. The predicted molar refractivity (Wildman–Crippen MR) is 83.7 cm³/mol. The quantitative estimate of drug-likeness (QED) is 0.877. The molecule has 1 aliphatic rings. The highest BCUT2D eigenvalue weighted by Gasteiger charge is 2.24. The minimum atomic E-state index is -0.797. The third-order valence-corrected chi connectivity index (χ3v) is 4.78.